The number of nitro groups is 1. The number of non-ortho nitro benzene ring substituents is 1. The molecule has 0 fully saturated rings. The molecule has 0 atom stereocenters. The second-order valence-electron chi connectivity index (χ2n) is 5.44. The van der Waals surface area contributed by atoms with E-state index in [0.717, 1.165) is 5.56 Å². The topological polar surface area (TPSA) is 81.8 Å². The van der Waals surface area contributed by atoms with Gasteiger partial charge in [0.15, 0.2) is 5.82 Å². The highest BCUT2D eigenvalue weighted by molar-refractivity contribution is 5.94. The molecule has 25 heavy (non-hydrogen) atoms. The minimum Gasteiger partial charge on any atom is -0.258 e. The Labute approximate surface area is 143 Å². The number of nitro benzene ring substituents is 1. The lowest BCUT2D eigenvalue weighted by Gasteiger charge is -2.09. The van der Waals surface area contributed by atoms with Crippen molar-refractivity contribution in [2.45, 2.75) is 0 Å². The minimum atomic E-state index is -0.416. The van der Waals surface area contributed by atoms with Gasteiger partial charge in [-0.2, -0.15) is 0 Å². The summed E-state index contributed by atoms with van der Waals surface area (Å²) in [6.07, 6.45) is 1.68. The van der Waals surface area contributed by atoms with Crippen molar-refractivity contribution < 1.29 is 4.92 Å². The van der Waals surface area contributed by atoms with Crippen molar-refractivity contribution in [2.75, 3.05) is 0 Å². The lowest BCUT2D eigenvalue weighted by Crippen LogP contribution is -1.97. The van der Waals surface area contributed by atoms with Crippen LogP contribution in [0.5, 0.6) is 0 Å². The smallest absolute Gasteiger partial charge is 0.258 e. The quantitative estimate of drug-likeness (QED) is 0.414. The van der Waals surface area contributed by atoms with Crippen LogP contribution in [0.3, 0.4) is 0 Å². The first-order valence-corrected chi connectivity index (χ1v) is 7.65. The van der Waals surface area contributed by atoms with Crippen molar-refractivity contribution >= 4 is 16.6 Å². The molecule has 0 radical (unpaired) electrons. The zero-order chi connectivity index (χ0) is 17.2. The fourth-order valence-corrected chi connectivity index (χ4v) is 2.66. The molecule has 0 N–H and O–H groups in total. The first-order chi connectivity index (χ1) is 12.2. The van der Waals surface area contributed by atoms with E-state index in [1.807, 2.05) is 48.5 Å². The zero-order valence-corrected chi connectivity index (χ0v) is 13.0. The van der Waals surface area contributed by atoms with Crippen LogP contribution in [0.25, 0.3) is 33.7 Å². The largest absolute Gasteiger partial charge is 0.270 e. The van der Waals surface area contributed by atoms with Crippen LogP contribution in [-0.2, 0) is 0 Å². The standard InChI is InChI=1S/C19H12N4O2/c24-23(25)14-9-10-16-15(12-14)18(13-6-2-1-3-7-13)22-19(21-16)17-8-4-5-11-20-17/h1-12H. The Morgan fingerprint density at radius 1 is 0.880 bits per heavy atom. The Morgan fingerprint density at radius 2 is 1.68 bits per heavy atom. The molecule has 4 rings (SSSR count). The maximum absolute atomic E-state index is 11.1. The molecular weight excluding hydrogens is 316 g/mol. The van der Waals surface area contributed by atoms with Gasteiger partial charge in [0, 0.05) is 29.3 Å². The predicted octanol–water partition coefficient (Wildman–Crippen LogP) is 4.27. The first-order valence-electron chi connectivity index (χ1n) is 7.65. The first kappa shape index (κ1) is 14.9. The molecule has 4 aromatic rings. The van der Waals surface area contributed by atoms with Crippen molar-refractivity contribution in [3.63, 3.8) is 0 Å². The van der Waals surface area contributed by atoms with Crippen LogP contribution >= 0.6 is 0 Å². The van der Waals surface area contributed by atoms with E-state index in [1.165, 1.54) is 12.1 Å². The van der Waals surface area contributed by atoms with E-state index in [4.69, 9.17) is 0 Å². The molecule has 120 valence electrons. The summed E-state index contributed by atoms with van der Waals surface area (Å²) in [5, 5.41) is 11.8. The third-order valence-corrected chi connectivity index (χ3v) is 3.83. The Balaban J connectivity index is 2.03. The Kier molecular flexibility index (Phi) is 3.63. The van der Waals surface area contributed by atoms with Gasteiger partial charge in [-0.3, -0.25) is 15.1 Å². The third-order valence-electron chi connectivity index (χ3n) is 3.83. The van der Waals surface area contributed by atoms with Gasteiger partial charge in [0.1, 0.15) is 5.69 Å². The number of benzene rings is 2. The normalized spacial score (nSPS) is 10.7. The van der Waals surface area contributed by atoms with E-state index >= 15 is 0 Å². The molecule has 2 aromatic heterocycles. The van der Waals surface area contributed by atoms with Gasteiger partial charge in [0.25, 0.3) is 5.69 Å². The highest BCUT2D eigenvalue weighted by Crippen LogP contribution is 2.30. The van der Waals surface area contributed by atoms with Crippen molar-refractivity contribution in [1.29, 1.82) is 0 Å². The summed E-state index contributed by atoms with van der Waals surface area (Å²) in [4.78, 5) is 24.2. The molecule has 2 aromatic carbocycles. The third kappa shape index (κ3) is 2.81. The number of pyridine rings is 1. The van der Waals surface area contributed by atoms with Gasteiger partial charge in [0.05, 0.1) is 16.1 Å². The Bertz CT molecular complexity index is 1070. The van der Waals surface area contributed by atoms with Gasteiger partial charge < -0.3 is 0 Å². The second kappa shape index (κ2) is 6.09. The molecule has 0 aliphatic carbocycles. The number of rotatable bonds is 3. The van der Waals surface area contributed by atoms with E-state index in [2.05, 4.69) is 15.0 Å². The number of hydrogen-bond donors (Lipinski definition) is 0. The number of aromatic nitrogens is 3. The lowest BCUT2D eigenvalue weighted by atomic mass is 10.1. The molecule has 2 heterocycles. The van der Waals surface area contributed by atoms with Crippen molar-refractivity contribution in [2.24, 2.45) is 0 Å². The number of nitrogens with zero attached hydrogens (tertiary/aromatic N) is 4. The van der Waals surface area contributed by atoms with Crippen LogP contribution in [-0.4, -0.2) is 19.9 Å². The highest BCUT2D eigenvalue weighted by atomic mass is 16.6. The predicted molar refractivity (Wildman–Crippen MR) is 94.9 cm³/mol. The maximum atomic E-state index is 11.1. The van der Waals surface area contributed by atoms with Gasteiger partial charge in [-0.05, 0) is 18.2 Å². The van der Waals surface area contributed by atoms with E-state index in [1.54, 1.807) is 12.3 Å². The van der Waals surface area contributed by atoms with Crippen molar-refractivity contribution in [3.05, 3.63) is 83.0 Å². The minimum absolute atomic E-state index is 0.0128. The number of hydrogen-bond acceptors (Lipinski definition) is 5. The van der Waals surface area contributed by atoms with E-state index in [-0.39, 0.29) is 5.69 Å². The van der Waals surface area contributed by atoms with Gasteiger partial charge >= 0.3 is 0 Å². The van der Waals surface area contributed by atoms with E-state index in [0.29, 0.717) is 28.1 Å². The van der Waals surface area contributed by atoms with Crippen LogP contribution < -0.4 is 0 Å². The maximum Gasteiger partial charge on any atom is 0.270 e. The van der Waals surface area contributed by atoms with Crippen molar-refractivity contribution in [3.8, 4) is 22.8 Å². The Morgan fingerprint density at radius 3 is 2.40 bits per heavy atom. The summed E-state index contributed by atoms with van der Waals surface area (Å²) in [6, 6.07) is 19.7. The SMILES string of the molecule is O=[N+]([O-])c1ccc2nc(-c3ccccn3)nc(-c3ccccc3)c2c1. The van der Waals surface area contributed by atoms with E-state index in [9.17, 15) is 10.1 Å². The van der Waals surface area contributed by atoms with Crippen LogP contribution in [0.4, 0.5) is 5.69 Å². The second-order valence-corrected chi connectivity index (χ2v) is 5.44. The molecule has 6 nitrogen and oxygen atoms in total. The Hall–Kier alpha value is -3.67. The molecule has 0 aliphatic rings. The lowest BCUT2D eigenvalue weighted by molar-refractivity contribution is -0.384. The molecule has 0 bridgehead atoms. The summed E-state index contributed by atoms with van der Waals surface area (Å²) in [6.45, 7) is 0. The summed E-state index contributed by atoms with van der Waals surface area (Å²) < 4.78 is 0. The summed E-state index contributed by atoms with van der Waals surface area (Å²) in [7, 11) is 0. The van der Waals surface area contributed by atoms with Crippen LogP contribution in [0.2, 0.25) is 0 Å². The van der Waals surface area contributed by atoms with Gasteiger partial charge in [-0.15, -0.1) is 0 Å². The summed E-state index contributed by atoms with van der Waals surface area (Å²) >= 11 is 0. The molecule has 6 heteroatoms. The molecule has 0 saturated carbocycles. The molecular formula is C19H12N4O2. The highest BCUT2D eigenvalue weighted by Gasteiger charge is 2.15. The summed E-state index contributed by atoms with van der Waals surface area (Å²) in [5.74, 6) is 0.487. The van der Waals surface area contributed by atoms with Gasteiger partial charge in [-0.25, -0.2) is 9.97 Å². The average Bonchev–Trinajstić information content (AvgIpc) is 2.68. The van der Waals surface area contributed by atoms with E-state index < -0.39 is 4.92 Å². The van der Waals surface area contributed by atoms with Crippen LogP contribution in [0.1, 0.15) is 0 Å². The van der Waals surface area contributed by atoms with Gasteiger partial charge in [0.2, 0.25) is 0 Å². The van der Waals surface area contributed by atoms with Crippen LogP contribution in [0, 0.1) is 10.1 Å². The molecule has 0 spiro atoms. The number of fused-ring (bicyclic) bond motifs is 1. The van der Waals surface area contributed by atoms with Crippen molar-refractivity contribution in [1.82, 2.24) is 15.0 Å². The summed E-state index contributed by atoms with van der Waals surface area (Å²) in [5.41, 5.74) is 2.82. The molecule has 0 unspecified atom stereocenters. The monoisotopic (exact) mass is 328 g/mol. The van der Waals surface area contributed by atoms with Crippen LogP contribution in [0.15, 0.2) is 72.9 Å². The zero-order valence-electron chi connectivity index (χ0n) is 13.0. The fraction of sp³-hybridized carbons (Fsp3) is 0. The molecule has 0 saturated heterocycles. The molecule has 0 aliphatic heterocycles. The molecule has 0 amide bonds. The average molecular weight is 328 g/mol. The van der Waals surface area contributed by atoms with Gasteiger partial charge in [-0.1, -0.05) is 36.4 Å². The fourth-order valence-electron chi connectivity index (χ4n) is 2.66.